The third-order valence-corrected chi connectivity index (χ3v) is 7.83. The van der Waals surface area contributed by atoms with Crippen molar-refractivity contribution in [3.63, 3.8) is 0 Å². The lowest BCUT2D eigenvalue weighted by Gasteiger charge is -2.45. The Balaban J connectivity index is 1.51. The molecule has 0 unspecified atom stereocenters. The molecule has 1 atom stereocenters. The van der Waals surface area contributed by atoms with Crippen LogP contribution in [0.25, 0.3) is 10.2 Å². The summed E-state index contributed by atoms with van der Waals surface area (Å²) in [5, 5.41) is 5.32. The normalized spacial score (nSPS) is 21.6. The van der Waals surface area contributed by atoms with Crippen LogP contribution in [0.15, 0.2) is 41.8 Å². The number of methoxy groups -OCH3 is 1. The van der Waals surface area contributed by atoms with Gasteiger partial charge in [-0.1, -0.05) is 31.4 Å². The molecular weight excluding hydrogens is 422 g/mol. The number of thiophene rings is 1. The Hall–Kier alpha value is -2.80. The van der Waals surface area contributed by atoms with Crippen LogP contribution in [0.1, 0.15) is 55.1 Å². The van der Waals surface area contributed by atoms with Crippen molar-refractivity contribution in [1.29, 1.82) is 0 Å². The van der Waals surface area contributed by atoms with Crippen LogP contribution in [0.5, 0.6) is 5.75 Å². The summed E-state index contributed by atoms with van der Waals surface area (Å²) in [4.78, 5) is 29.2. The van der Waals surface area contributed by atoms with Crippen LogP contribution in [0, 0.1) is 0 Å². The minimum atomic E-state index is -0.977. The maximum atomic E-state index is 13.7. The Labute approximate surface area is 192 Å². The summed E-state index contributed by atoms with van der Waals surface area (Å²) < 4.78 is 8.37. The predicted octanol–water partition coefficient (Wildman–Crippen LogP) is 4.58. The largest absolute Gasteiger partial charge is 0.497 e. The van der Waals surface area contributed by atoms with Crippen LogP contribution in [0.3, 0.4) is 0 Å². The summed E-state index contributed by atoms with van der Waals surface area (Å²) in [5.41, 5.74) is 1.68. The van der Waals surface area contributed by atoms with Crippen molar-refractivity contribution in [3.8, 4) is 5.75 Å². The van der Waals surface area contributed by atoms with E-state index in [-0.39, 0.29) is 17.9 Å². The fourth-order valence-corrected chi connectivity index (χ4v) is 5.84. The number of hydrogen-bond acceptors (Lipinski definition) is 4. The van der Waals surface area contributed by atoms with Gasteiger partial charge in [0.15, 0.2) is 0 Å². The van der Waals surface area contributed by atoms with Crippen molar-refractivity contribution in [2.75, 3.05) is 7.11 Å². The summed E-state index contributed by atoms with van der Waals surface area (Å²) in [7, 11) is 1.63. The van der Waals surface area contributed by atoms with E-state index in [0.717, 1.165) is 47.2 Å². The SMILES string of the molecule is COc1ccc(CN2C(=O)c3cc4sccc4n3C[C@@]2(C)C(=O)NC2CCCCC2)cc1. The minimum absolute atomic E-state index is 0.0611. The van der Waals surface area contributed by atoms with Gasteiger partial charge in [0.2, 0.25) is 5.91 Å². The van der Waals surface area contributed by atoms with Gasteiger partial charge in [0.25, 0.3) is 5.91 Å². The molecule has 1 aromatic carbocycles. The molecule has 32 heavy (non-hydrogen) atoms. The minimum Gasteiger partial charge on any atom is -0.497 e. The zero-order valence-electron chi connectivity index (χ0n) is 18.6. The molecule has 1 aliphatic heterocycles. The second kappa shape index (κ2) is 8.28. The van der Waals surface area contributed by atoms with Gasteiger partial charge in [0, 0.05) is 12.6 Å². The molecule has 168 valence electrons. The van der Waals surface area contributed by atoms with Crippen molar-refractivity contribution < 1.29 is 14.3 Å². The van der Waals surface area contributed by atoms with Crippen LogP contribution < -0.4 is 10.1 Å². The Kier molecular flexibility index (Phi) is 5.45. The molecule has 7 heteroatoms. The van der Waals surface area contributed by atoms with Gasteiger partial charge in [-0.2, -0.15) is 0 Å². The van der Waals surface area contributed by atoms with Crippen molar-refractivity contribution in [3.05, 3.63) is 53.0 Å². The molecular formula is C25H29N3O3S. The Morgan fingerprint density at radius 3 is 2.66 bits per heavy atom. The quantitative estimate of drug-likeness (QED) is 0.618. The van der Waals surface area contributed by atoms with E-state index in [4.69, 9.17) is 4.74 Å². The zero-order chi connectivity index (χ0) is 22.3. The molecule has 2 aromatic heterocycles. The number of amides is 2. The maximum absolute atomic E-state index is 13.7. The number of ether oxygens (including phenoxy) is 1. The number of fused-ring (bicyclic) bond motifs is 3. The van der Waals surface area contributed by atoms with E-state index >= 15 is 0 Å². The molecule has 1 aliphatic carbocycles. The molecule has 6 nitrogen and oxygen atoms in total. The number of hydrogen-bond donors (Lipinski definition) is 1. The first kappa shape index (κ1) is 21.1. The smallest absolute Gasteiger partial charge is 0.271 e. The molecule has 0 radical (unpaired) electrons. The van der Waals surface area contributed by atoms with Crippen LogP contribution >= 0.6 is 11.3 Å². The highest BCUT2D eigenvalue weighted by molar-refractivity contribution is 7.17. The molecule has 1 fully saturated rings. The first-order valence-corrected chi connectivity index (χ1v) is 12.2. The summed E-state index contributed by atoms with van der Waals surface area (Å²) in [6, 6.07) is 11.9. The van der Waals surface area contributed by atoms with Crippen molar-refractivity contribution in [2.24, 2.45) is 0 Å². The van der Waals surface area contributed by atoms with Crippen molar-refractivity contribution >= 4 is 33.4 Å². The Morgan fingerprint density at radius 1 is 1.19 bits per heavy atom. The Bertz CT molecular complexity index is 1140. The fourth-order valence-electron chi connectivity index (χ4n) is 5.02. The molecule has 3 heterocycles. The monoisotopic (exact) mass is 451 g/mol. The fraction of sp³-hybridized carbons (Fsp3) is 0.440. The lowest BCUT2D eigenvalue weighted by atomic mass is 9.91. The predicted molar refractivity (Wildman–Crippen MR) is 126 cm³/mol. The van der Waals surface area contributed by atoms with Gasteiger partial charge in [-0.25, -0.2) is 0 Å². The topological polar surface area (TPSA) is 63.6 Å². The van der Waals surface area contributed by atoms with E-state index in [9.17, 15) is 9.59 Å². The third kappa shape index (κ3) is 3.58. The number of nitrogens with zero attached hydrogens (tertiary/aromatic N) is 2. The molecule has 5 rings (SSSR count). The van der Waals surface area contributed by atoms with Gasteiger partial charge in [-0.05, 0) is 55.0 Å². The van der Waals surface area contributed by atoms with Gasteiger partial charge in [-0.15, -0.1) is 11.3 Å². The summed E-state index contributed by atoms with van der Waals surface area (Å²) in [6.07, 6.45) is 5.55. The molecule has 1 N–H and O–H groups in total. The van der Waals surface area contributed by atoms with Gasteiger partial charge < -0.3 is 19.5 Å². The van der Waals surface area contributed by atoms with Crippen molar-refractivity contribution in [1.82, 2.24) is 14.8 Å². The number of aromatic nitrogens is 1. The van der Waals surface area contributed by atoms with E-state index < -0.39 is 5.54 Å². The van der Waals surface area contributed by atoms with Gasteiger partial charge in [0.05, 0.1) is 23.9 Å². The number of nitrogens with one attached hydrogen (secondary N) is 1. The van der Waals surface area contributed by atoms with E-state index in [0.29, 0.717) is 18.8 Å². The summed E-state index contributed by atoms with van der Waals surface area (Å²) >= 11 is 1.62. The standard InChI is InChI=1S/C25H29N3O3S/c1-25(24(30)26-18-6-4-3-5-7-18)16-27-20-12-13-32-22(20)14-21(27)23(29)28(25)15-17-8-10-19(31-2)11-9-17/h8-14,18H,3-7,15-16H2,1-2H3,(H,26,30)/t25-/m0/s1. The third-order valence-electron chi connectivity index (χ3n) is 6.98. The molecule has 0 saturated heterocycles. The van der Waals surface area contributed by atoms with Crippen LogP contribution in [-0.2, 0) is 17.9 Å². The summed E-state index contributed by atoms with van der Waals surface area (Å²) in [5.74, 6) is 0.608. The van der Waals surface area contributed by atoms with Gasteiger partial charge in [0.1, 0.15) is 17.0 Å². The lowest BCUT2D eigenvalue weighted by Crippen LogP contribution is -2.64. The molecule has 0 spiro atoms. The van der Waals surface area contributed by atoms with E-state index in [1.54, 1.807) is 23.3 Å². The highest BCUT2D eigenvalue weighted by Gasteiger charge is 2.48. The van der Waals surface area contributed by atoms with Crippen LogP contribution in [0.2, 0.25) is 0 Å². The van der Waals surface area contributed by atoms with E-state index in [1.807, 2.05) is 53.3 Å². The Morgan fingerprint density at radius 2 is 1.94 bits per heavy atom. The molecule has 0 bridgehead atoms. The average Bonchev–Trinajstić information content (AvgIpc) is 3.40. The first-order valence-electron chi connectivity index (χ1n) is 11.3. The molecule has 2 amide bonds. The number of carbonyl (C=O) groups excluding carboxylic acids is 2. The first-order chi connectivity index (χ1) is 15.5. The molecule has 3 aromatic rings. The van der Waals surface area contributed by atoms with E-state index in [2.05, 4.69) is 5.32 Å². The summed E-state index contributed by atoms with van der Waals surface area (Å²) in [6.45, 7) is 2.73. The second-order valence-electron chi connectivity index (χ2n) is 9.11. The van der Waals surface area contributed by atoms with Crippen LogP contribution in [-0.4, -0.2) is 40.0 Å². The highest BCUT2D eigenvalue weighted by atomic mass is 32.1. The highest BCUT2D eigenvalue weighted by Crippen LogP contribution is 2.35. The van der Waals surface area contributed by atoms with Crippen LogP contribution in [0.4, 0.5) is 0 Å². The molecule has 2 aliphatic rings. The van der Waals surface area contributed by atoms with Gasteiger partial charge in [-0.3, -0.25) is 9.59 Å². The maximum Gasteiger partial charge on any atom is 0.271 e. The number of rotatable bonds is 5. The second-order valence-corrected chi connectivity index (χ2v) is 10.1. The number of benzene rings is 1. The lowest BCUT2D eigenvalue weighted by molar-refractivity contribution is -0.134. The van der Waals surface area contributed by atoms with E-state index in [1.165, 1.54) is 6.42 Å². The molecule has 1 saturated carbocycles. The van der Waals surface area contributed by atoms with Gasteiger partial charge >= 0.3 is 0 Å². The zero-order valence-corrected chi connectivity index (χ0v) is 19.4. The van der Waals surface area contributed by atoms with Crippen molar-refractivity contribution in [2.45, 2.75) is 63.7 Å². The average molecular weight is 452 g/mol. The number of carbonyl (C=O) groups is 2.